The minimum atomic E-state index is -0.186. The summed E-state index contributed by atoms with van der Waals surface area (Å²) in [6.45, 7) is 12.9. The number of ether oxygens (including phenoxy) is 1. The molecule has 0 spiro atoms. The van der Waals surface area contributed by atoms with Crippen molar-refractivity contribution in [1.82, 2.24) is 0 Å². The van der Waals surface area contributed by atoms with E-state index in [1.54, 1.807) is 0 Å². The first-order valence-corrected chi connectivity index (χ1v) is 7.28. The Kier molecular flexibility index (Phi) is 9.28. The number of allylic oxidation sites excluding steroid dienone is 4. The van der Waals surface area contributed by atoms with Crippen LogP contribution in [0.3, 0.4) is 0 Å². The van der Waals surface area contributed by atoms with Crippen LogP contribution in [0.1, 0.15) is 60.8 Å². The van der Waals surface area contributed by atoms with Crippen molar-refractivity contribution in [2.24, 2.45) is 11.8 Å². The first-order chi connectivity index (χ1) is 8.82. The summed E-state index contributed by atoms with van der Waals surface area (Å²) in [5, 5.41) is 0. The molecule has 2 heteroatoms. The van der Waals surface area contributed by atoms with Crippen molar-refractivity contribution in [1.29, 1.82) is 0 Å². The Bertz CT molecular complexity index is 320. The Hall–Kier alpha value is -1.05. The van der Waals surface area contributed by atoms with Crippen molar-refractivity contribution >= 4 is 5.97 Å². The normalized spacial score (nSPS) is 13.3. The standard InChI is InChI=1S/C17H30O2/c1-13(2)10-11-17(14(3)4)9-7-8-15(5)12-19-16(6)18/h9-10,14-15H,7-8,11-12H2,1-6H3/b17-9+/t15-/m0/s1. The fourth-order valence-corrected chi connectivity index (χ4v) is 1.77. The van der Waals surface area contributed by atoms with Crippen LogP contribution in [-0.2, 0) is 9.53 Å². The maximum Gasteiger partial charge on any atom is 0.302 e. The van der Waals surface area contributed by atoms with E-state index in [4.69, 9.17) is 4.74 Å². The molecule has 0 rings (SSSR count). The van der Waals surface area contributed by atoms with Crippen molar-refractivity contribution in [2.45, 2.75) is 60.8 Å². The van der Waals surface area contributed by atoms with Gasteiger partial charge in [-0.2, -0.15) is 0 Å². The molecule has 19 heavy (non-hydrogen) atoms. The van der Waals surface area contributed by atoms with Gasteiger partial charge in [-0.3, -0.25) is 4.79 Å². The van der Waals surface area contributed by atoms with Crippen LogP contribution in [0, 0.1) is 11.8 Å². The van der Waals surface area contributed by atoms with Gasteiger partial charge >= 0.3 is 5.97 Å². The lowest BCUT2D eigenvalue weighted by Gasteiger charge is -2.12. The van der Waals surface area contributed by atoms with Crippen LogP contribution in [0.2, 0.25) is 0 Å². The first kappa shape index (κ1) is 17.9. The number of carbonyl (C=O) groups excluding carboxylic acids is 1. The summed E-state index contributed by atoms with van der Waals surface area (Å²) in [7, 11) is 0. The highest BCUT2D eigenvalue weighted by molar-refractivity contribution is 5.65. The lowest BCUT2D eigenvalue weighted by molar-refractivity contribution is -0.142. The van der Waals surface area contributed by atoms with E-state index >= 15 is 0 Å². The van der Waals surface area contributed by atoms with Crippen molar-refractivity contribution in [2.75, 3.05) is 6.61 Å². The van der Waals surface area contributed by atoms with Crippen molar-refractivity contribution in [3.05, 3.63) is 23.3 Å². The molecule has 0 N–H and O–H groups in total. The predicted octanol–water partition coefficient (Wildman–Crippen LogP) is 4.90. The molecule has 0 saturated carbocycles. The van der Waals surface area contributed by atoms with Crippen molar-refractivity contribution in [3.63, 3.8) is 0 Å². The van der Waals surface area contributed by atoms with Crippen LogP contribution in [0.4, 0.5) is 0 Å². The molecule has 110 valence electrons. The third-order valence-corrected chi connectivity index (χ3v) is 3.12. The highest BCUT2D eigenvalue weighted by Gasteiger charge is 2.05. The molecule has 0 aliphatic carbocycles. The van der Waals surface area contributed by atoms with E-state index in [0.717, 1.165) is 19.3 Å². The topological polar surface area (TPSA) is 26.3 Å². The molecule has 0 aliphatic heterocycles. The van der Waals surface area contributed by atoms with Gasteiger partial charge in [0.15, 0.2) is 0 Å². The molecule has 0 aromatic heterocycles. The third kappa shape index (κ3) is 10.5. The van der Waals surface area contributed by atoms with Gasteiger partial charge in [-0.15, -0.1) is 0 Å². The molecule has 0 aromatic carbocycles. The number of hydrogen-bond acceptors (Lipinski definition) is 2. The number of rotatable bonds is 8. The molecule has 0 amide bonds. The highest BCUT2D eigenvalue weighted by Crippen LogP contribution is 2.18. The Morgan fingerprint density at radius 3 is 2.21 bits per heavy atom. The van der Waals surface area contributed by atoms with E-state index < -0.39 is 0 Å². The summed E-state index contributed by atoms with van der Waals surface area (Å²) in [4.78, 5) is 10.7. The average Bonchev–Trinajstić information content (AvgIpc) is 2.30. The van der Waals surface area contributed by atoms with Gasteiger partial charge in [0, 0.05) is 6.92 Å². The summed E-state index contributed by atoms with van der Waals surface area (Å²) in [5.74, 6) is 0.838. The smallest absolute Gasteiger partial charge is 0.302 e. The molecular weight excluding hydrogens is 236 g/mol. The number of carbonyl (C=O) groups is 1. The Morgan fingerprint density at radius 1 is 1.11 bits per heavy atom. The third-order valence-electron chi connectivity index (χ3n) is 3.12. The highest BCUT2D eigenvalue weighted by atomic mass is 16.5. The zero-order chi connectivity index (χ0) is 14.8. The maximum absolute atomic E-state index is 10.7. The summed E-state index contributed by atoms with van der Waals surface area (Å²) in [6.07, 6.45) is 7.83. The van der Waals surface area contributed by atoms with Crippen LogP contribution >= 0.6 is 0 Å². The van der Waals surface area contributed by atoms with Gasteiger partial charge in [0.05, 0.1) is 6.61 Å². The molecule has 0 aromatic rings. The molecule has 2 nitrogen and oxygen atoms in total. The molecule has 0 fully saturated rings. The second-order valence-electron chi connectivity index (χ2n) is 5.90. The molecular formula is C17H30O2. The summed E-state index contributed by atoms with van der Waals surface area (Å²) in [5.41, 5.74) is 2.87. The van der Waals surface area contributed by atoms with Gasteiger partial charge in [0.1, 0.15) is 0 Å². The lowest BCUT2D eigenvalue weighted by Crippen LogP contribution is -2.09. The van der Waals surface area contributed by atoms with Gasteiger partial charge in [0.25, 0.3) is 0 Å². The van der Waals surface area contributed by atoms with Crippen LogP contribution in [-0.4, -0.2) is 12.6 Å². The van der Waals surface area contributed by atoms with Crippen LogP contribution in [0.15, 0.2) is 23.3 Å². The largest absolute Gasteiger partial charge is 0.466 e. The fourth-order valence-electron chi connectivity index (χ4n) is 1.77. The molecule has 0 bridgehead atoms. The minimum Gasteiger partial charge on any atom is -0.466 e. The Balaban J connectivity index is 4.17. The molecule has 0 unspecified atom stereocenters. The Morgan fingerprint density at radius 2 is 1.74 bits per heavy atom. The second-order valence-corrected chi connectivity index (χ2v) is 5.90. The van der Waals surface area contributed by atoms with E-state index in [1.165, 1.54) is 18.1 Å². The fraction of sp³-hybridized carbons (Fsp3) is 0.706. The zero-order valence-corrected chi connectivity index (χ0v) is 13.5. The second kappa shape index (κ2) is 9.82. The van der Waals surface area contributed by atoms with E-state index in [0.29, 0.717) is 18.4 Å². The molecule has 0 saturated heterocycles. The minimum absolute atomic E-state index is 0.186. The Labute approximate surface area is 118 Å². The molecule has 0 radical (unpaired) electrons. The summed E-state index contributed by atoms with van der Waals surface area (Å²) >= 11 is 0. The summed E-state index contributed by atoms with van der Waals surface area (Å²) < 4.78 is 5.02. The molecule has 0 aliphatic rings. The van der Waals surface area contributed by atoms with Crippen LogP contribution in [0.5, 0.6) is 0 Å². The molecule has 0 heterocycles. The zero-order valence-electron chi connectivity index (χ0n) is 13.5. The number of esters is 1. The first-order valence-electron chi connectivity index (χ1n) is 7.28. The van der Waals surface area contributed by atoms with Gasteiger partial charge in [-0.1, -0.05) is 44.1 Å². The van der Waals surface area contributed by atoms with Gasteiger partial charge in [-0.05, 0) is 44.9 Å². The lowest BCUT2D eigenvalue weighted by atomic mass is 9.96. The van der Waals surface area contributed by atoms with E-state index in [-0.39, 0.29) is 5.97 Å². The van der Waals surface area contributed by atoms with Gasteiger partial charge in [-0.25, -0.2) is 0 Å². The maximum atomic E-state index is 10.7. The predicted molar refractivity (Wildman–Crippen MR) is 82.0 cm³/mol. The van der Waals surface area contributed by atoms with Gasteiger partial charge in [0.2, 0.25) is 0 Å². The van der Waals surface area contributed by atoms with Crippen molar-refractivity contribution < 1.29 is 9.53 Å². The SMILES string of the molecule is CC(=O)OC[C@@H](C)CC/C=C(\CC=C(C)C)C(C)C. The monoisotopic (exact) mass is 266 g/mol. The average molecular weight is 266 g/mol. The van der Waals surface area contributed by atoms with E-state index in [9.17, 15) is 4.79 Å². The van der Waals surface area contributed by atoms with E-state index in [1.807, 2.05) is 0 Å². The van der Waals surface area contributed by atoms with E-state index in [2.05, 4.69) is 46.8 Å². The molecule has 1 atom stereocenters. The van der Waals surface area contributed by atoms with Crippen LogP contribution in [0.25, 0.3) is 0 Å². The van der Waals surface area contributed by atoms with Gasteiger partial charge < -0.3 is 4.74 Å². The number of hydrogen-bond donors (Lipinski definition) is 0. The quantitative estimate of drug-likeness (QED) is 0.461. The summed E-state index contributed by atoms with van der Waals surface area (Å²) in [6, 6.07) is 0. The van der Waals surface area contributed by atoms with Crippen molar-refractivity contribution in [3.8, 4) is 0 Å². The van der Waals surface area contributed by atoms with Crippen LogP contribution < -0.4 is 0 Å².